The third-order valence-corrected chi connectivity index (χ3v) is 6.49. The van der Waals surface area contributed by atoms with Crippen LogP contribution in [0.1, 0.15) is 39.0 Å². The van der Waals surface area contributed by atoms with Gasteiger partial charge in [-0.05, 0) is 33.8 Å². The summed E-state index contributed by atoms with van der Waals surface area (Å²) < 4.78 is 7.06. The number of thiophene rings is 1. The van der Waals surface area contributed by atoms with Crippen molar-refractivity contribution >= 4 is 37.6 Å². The molecule has 0 aliphatic carbocycles. The Morgan fingerprint density at radius 3 is 2.85 bits per heavy atom. The van der Waals surface area contributed by atoms with Crippen molar-refractivity contribution < 1.29 is 9.64 Å². The average Bonchev–Trinajstić information content (AvgIpc) is 3.01. The highest BCUT2D eigenvalue weighted by atomic mass is 32.1. The highest BCUT2D eigenvalue weighted by Crippen LogP contribution is 2.37. The van der Waals surface area contributed by atoms with E-state index < -0.39 is 0 Å². The zero-order valence-corrected chi connectivity index (χ0v) is 17.4. The molecule has 0 atom stereocenters. The summed E-state index contributed by atoms with van der Waals surface area (Å²) in [5, 5.41) is 4.62. The first-order chi connectivity index (χ1) is 13.0. The van der Waals surface area contributed by atoms with Crippen molar-refractivity contribution in [3.8, 4) is 0 Å². The summed E-state index contributed by atoms with van der Waals surface area (Å²) in [5.41, 5.74) is 3.17. The number of hydrogen-bond acceptors (Lipinski definition) is 6. The van der Waals surface area contributed by atoms with E-state index in [0.717, 1.165) is 64.5 Å². The van der Waals surface area contributed by atoms with Crippen LogP contribution in [0.3, 0.4) is 0 Å². The van der Waals surface area contributed by atoms with Crippen molar-refractivity contribution in [2.45, 2.75) is 46.3 Å². The molecule has 0 fully saturated rings. The Morgan fingerprint density at radius 1 is 1.26 bits per heavy atom. The second-order valence-corrected chi connectivity index (χ2v) is 8.81. The molecule has 7 heteroatoms. The van der Waals surface area contributed by atoms with Gasteiger partial charge in [0.1, 0.15) is 17.0 Å². The van der Waals surface area contributed by atoms with Crippen molar-refractivity contribution in [2.75, 3.05) is 31.5 Å². The van der Waals surface area contributed by atoms with E-state index in [4.69, 9.17) is 9.72 Å². The van der Waals surface area contributed by atoms with Crippen LogP contribution < -0.4 is 10.2 Å². The molecule has 3 aromatic rings. The van der Waals surface area contributed by atoms with Crippen LogP contribution in [-0.2, 0) is 17.8 Å². The van der Waals surface area contributed by atoms with Crippen LogP contribution in [0.25, 0.3) is 20.4 Å². The number of anilines is 1. The van der Waals surface area contributed by atoms with E-state index in [2.05, 4.69) is 49.0 Å². The maximum atomic E-state index is 5.97. The number of pyridine rings is 1. The van der Waals surface area contributed by atoms with Gasteiger partial charge in [0.15, 0.2) is 0 Å². The number of nitrogens with zero attached hydrogens (tertiary/aromatic N) is 3. The average molecular weight is 387 g/mol. The topological polar surface area (TPSA) is 64.4 Å². The first-order valence-corrected chi connectivity index (χ1v) is 10.6. The lowest BCUT2D eigenvalue weighted by Gasteiger charge is -2.30. The predicted molar refractivity (Wildman–Crippen MR) is 111 cm³/mol. The summed E-state index contributed by atoms with van der Waals surface area (Å²) in [4.78, 5) is 16.6. The SMILES string of the molecule is CC[NH+](CC)CCNc1ncnc2c1sc1nc3c(cc12)COC(C)(C)C3. The molecular formula is C20H28N5OS+. The third-order valence-electron chi connectivity index (χ3n) is 5.40. The van der Waals surface area contributed by atoms with Gasteiger partial charge in [0.2, 0.25) is 0 Å². The van der Waals surface area contributed by atoms with Crippen LogP contribution in [0.4, 0.5) is 5.82 Å². The standard InChI is InChI=1S/C20H27N5OS/c1-5-25(6-2)8-7-21-18-17-16(22-12-23-18)14-9-13-11-26-20(3,4)10-15(13)24-19(14)27-17/h9,12H,5-8,10-11H2,1-4H3,(H,21,22,23)/p+1. The Hall–Kier alpha value is -1.83. The molecule has 144 valence electrons. The van der Waals surface area contributed by atoms with E-state index in [9.17, 15) is 0 Å². The smallest absolute Gasteiger partial charge is 0.147 e. The van der Waals surface area contributed by atoms with Crippen molar-refractivity contribution in [1.82, 2.24) is 15.0 Å². The maximum absolute atomic E-state index is 5.97. The largest absolute Gasteiger partial charge is 0.370 e. The molecule has 27 heavy (non-hydrogen) atoms. The molecule has 4 rings (SSSR count). The van der Waals surface area contributed by atoms with Gasteiger partial charge in [0.25, 0.3) is 0 Å². The Balaban J connectivity index is 1.67. The van der Waals surface area contributed by atoms with Gasteiger partial charge < -0.3 is 15.0 Å². The quantitative estimate of drug-likeness (QED) is 0.681. The monoisotopic (exact) mass is 386 g/mol. The number of fused-ring (bicyclic) bond motifs is 4. The number of rotatable bonds is 6. The number of likely N-dealkylation sites (N-methyl/N-ethyl adjacent to an activating group) is 1. The highest BCUT2D eigenvalue weighted by molar-refractivity contribution is 7.25. The molecule has 0 amide bonds. The van der Waals surface area contributed by atoms with Crippen LogP contribution in [0, 0.1) is 0 Å². The van der Waals surface area contributed by atoms with Gasteiger partial charge in [-0.1, -0.05) is 0 Å². The molecule has 1 aliphatic heterocycles. The molecule has 6 nitrogen and oxygen atoms in total. The second kappa shape index (κ2) is 7.30. The fraction of sp³-hybridized carbons (Fsp3) is 0.550. The normalized spacial score (nSPS) is 16.2. The predicted octanol–water partition coefficient (Wildman–Crippen LogP) is 2.43. The van der Waals surface area contributed by atoms with E-state index in [-0.39, 0.29) is 5.60 Å². The van der Waals surface area contributed by atoms with Gasteiger partial charge in [0, 0.05) is 17.4 Å². The summed E-state index contributed by atoms with van der Waals surface area (Å²) >= 11 is 1.69. The van der Waals surface area contributed by atoms with Crippen LogP contribution in [0.5, 0.6) is 0 Å². The second-order valence-electron chi connectivity index (χ2n) is 7.81. The Bertz CT molecular complexity index is 964. The van der Waals surface area contributed by atoms with Crippen molar-refractivity contribution in [1.29, 1.82) is 0 Å². The number of nitrogens with one attached hydrogen (secondary N) is 2. The van der Waals surface area contributed by atoms with Gasteiger partial charge in [-0.3, -0.25) is 0 Å². The first kappa shape index (κ1) is 18.5. The van der Waals surface area contributed by atoms with Crippen molar-refractivity contribution in [3.05, 3.63) is 23.7 Å². The van der Waals surface area contributed by atoms with Gasteiger partial charge >= 0.3 is 0 Å². The molecule has 0 saturated carbocycles. The molecule has 1 aliphatic rings. The fourth-order valence-corrected chi connectivity index (χ4v) is 4.77. The minimum absolute atomic E-state index is 0.149. The van der Waals surface area contributed by atoms with Crippen molar-refractivity contribution in [3.63, 3.8) is 0 Å². The molecular weight excluding hydrogens is 358 g/mol. The fourth-order valence-electron chi connectivity index (χ4n) is 3.67. The van der Waals surface area contributed by atoms with Gasteiger partial charge in [0.05, 0.1) is 54.3 Å². The molecule has 4 heterocycles. The van der Waals surface area contributed by atoms with Crippen LogP contribution >= 0.6 is 11.3 Å². The molecule has 0 aromatic carbocycles. The van der Waals surface area contributed by atoms with Crippen molar-refractivity contribution in [2.24, 2.45) is 0 Å². The summed E-state index contributed by atoms with van der Waals surface area (Å²) in [6.45, 7) is 13.6. The van der Waals surface area contributed by atoms with E-state index >= 15 is 0 Å². The lowest BCUT2D eigenvalue weighted by atomic mass is 9.95. The Morgan fingerprint density at radius 2 is 2.07 bits per heavy atom. The highest BCUT2D eigenvalue weighted by Gasteiger charge is 2.28. The number of aromatic nitrogens is 3. The van der Waals surface area contributed by atoms with Gasteiger partial charge in [-0.2, -0.15) is 0 Å². The summed E-state index contributed by atoms with van der Waals surface area (Å²) in [7, 11) is 0. The molecule has 0 saturated heterocycles. The molecule has 2 N–H and O–H groups in total. The number of ether oxygens (including phenoxy) is 1. The van der Waals surface area contributed by atoms with Crippen LogP contribution in [0.15, 0.2) is 12.4 Å². The summed E-state index contributed by atoms with van der Waals surface area (Å²) in [5.74, 6) is 0.920. The number of hydrogen-bond donors (Lipinski definition) is 2. The Kier molecular flexibility index (Phi) is 5.01. The molecule has 0 radical (unpaired) electrons. The zero-order valence-electron chi connectivity index (χ0n) is 16.6. The van der Waals surface area contributed by atoms with E-state index in [0.29, 0.717) is 6.61 Å². The van der Waals surface area contributed by atoms with Crippen LogP contribution in [0.2, 0.25) is 0 Å². The van der Waals surface area contributed by atoms with Crippen LogP contribution in [-0.4, -0.2) is 46.7 Å². The summed E-state index contributed by atoms with van der Waals surface area (Å²) in [6.07, 6.45) is 2.50. The molecule has 0 bridgehead atoms. The van der Waals surface area contributed by atoms with E-state index in [1.54, 1.807) is 22.6 Å². The third kappa shape index (κ3) is 3.63. The Labute approximate surface area is 164 Å². The zero-order chi connectivity index (χ0) is 19.0. The molecule has 0 spiro atoms. The minimum atomic E-state index is -0.149. The first-order valence-electron chi connectivity index (χ1n) is 9.78. The van der Waals surface area contributed by atoms with E-state index in [1.807, 2.05) is 0 Å². The maximum Gasteiger partial charge on any atom is 0.147 e. The summed E-state index contributed by atoms with van der Waals surface area (Å²) in [6, 6.07) is 2.21. The van der Waals surface area contributed by atoms with Gasteiger partial charge in [-0.25, -0.2) is 15.0 Å². The lowest BCUT2D eigenvalue weighted by Crippen LogP contribution is -3.12. The number of quaternary nitrogens is 1. The molecule has 3 aromatic heterocycles. The van der Waals surface area contributed by atoms with Gasteiger partial charge in [-0.15, -0.1) is 11.3 Å². The van der Waals surface area contributed by atoms with E-state index in [1.165, 1.54) is 5.56 Å². The minimum Gasteiger partial charge on any atom is -0.370 e. The lowest BCUT2D eigenvalue weighted by molar-refractivity contribution is -0.894. The molecule has 0 unspecified atom stereocenters.